The highest BCUT2D eigenvalue weighted by Crippen LogP contribution is 2.41. The van der Waals surface area contributed by atoms with Crippen molar-refractivity contribution < 1.29 is 23.1 Å². The van der Waals surface area contributed by atoms with Gasteiger partial charge in [-0.15, -0.1) is 0 Å². The summed E-state index contributed by atoms with van der Waals surface area (Å²) in [5.41, 5.74) is 1.50. The number of benzene rings is 2. The van der Waals surface area contributed by atoms with Crippen molar-refractivity contribution >= 4 is 5.97 Å². The van der Waals surface area contributed by atoms with Gasteiger partial charge in [-0.3, -0.25) is 9.69 Å². The highest BCUT2D eigenvalue weighted by Gasteiger charge is 2.36. The van der Waals surface area contributed by atoms with Crippen LogP contribution in [0.25, 0.3) is 0 Å². The average Bonchev–Trinajstić information content (AvgIpc) is 2.79. The molecule has 1 fully saturated rings. The lowest BCUT2D eigenvalue weighted by molar-refractivity contribution is -0.139. The minimum absolute atomic E-state index is 0.0170. The molecule has 6 heteroatoms. The summed E-state index contributed by atoms with van der Waals surface area (Å²) in [5.74, 6) is -0.201. The van der Waals surface area contributed by atoms with Crippen LogP contribution in [0.3, 0.4) is 0 Å². The molecule has 186 valence electrons. The molecule has 1 aliphatic rings. The van der Waals surface area contributed by atoms with E-state index in [0.717, 1.165) is 56.5 Å². The van der Waals surface area contributed by atoms with Crippen molar-refractivity contribution in [2.45, 2.75) is 70.5 Å². The quantitative estimate of drug-likeness (QED) is 0.401. The first-order valence-electron chi connectivity index (χ1n) is 12.3. The van der Waals surface area contributed by atoms with Gasteiger partial charge >= 0.3 is 12.1 Å². The van der Waals surface area contributed by atoms with Crippen molar-refractivity contribution in [2.75, 3.05) is 13.1 Å². The molecule has 3 rings (SSSR count). The second-order valence-corrected chi connectivity index (χ2v) is 10.0. The van der Waals surface area contributed by atoms with Crippen LogP contribution < -0.4 is 0 Å². The molecule has 0 saturated heterocycles. The second kappa shape index (κ2) is 11.9. The van der Waals surface area contributed by atoms with E-state index in [1.165, 1.54) is 5.56 Å². The van der Waals surface area contributed by atoms with E-state index in [-0.39, 0.29) is 24.3 Å². The number of carbonyl (C=O) groups is 1. The van der Waals surface area contributed by atoms with Crippen LogP contribution in [0, 0.1) is 11.8 Å². The number of carboxylic acids is 1. The largest absolute Gasteiger partial charge is 0.481 e. The summed E-state index contributed by atoms with van der Waals surface area (Å²) in [7, 11) is 0. The lowest BCUT2D eigenvalue weighted by atomic mass is 9.73. The summed E-state index contributed by atoms with van der Waals surface area (Å²) in [6.07, 6.45) is 0.0759. The molecule has 2 aromatic rings. The van der Waals surface area contributed by atoms with Crippen LogP contribution in [0.1, 0.15) is 68.6 Å². The van der Waals surface area contributed by atoms with E-state index in [2.05, 4.69) is 30.9 Å². The van der Waals surface area contributed by atoms with E-state index >= 15 is 0 Å². The standard InChI is InChI=1S/C28H36F3NO2/c1-20(2)14-16-32(17-15-21-6-4-3-5-7-21)26-13-8-22(19-27(33)34)18-25(26)23-9-11-24(12-10-23)28(29,30)31/h3-7,9-12,20,22,25-26H,8,13-19H2,1-2H3,(H,33,34)/t22-,25+,26-/m1/s1. The summed E-state index contributed by atoms with van der Waals surface area (Å²) in [6, 6.07) is 16.0. The maximum Gasteiger partial charge on any atom is 0.416 e. The van der Waals surface area contributed by atoms with E-state index in [0.29, 0.717) is 12.3 Å². The Morgan fingerprint density at radius 1 is 1.03 bits per heavy atom. The predicted octanol–water partition coefficient (Wildman–Crippen LogP) is 7.02. The maximum absolute atomic E-state index is 13.1. The molecule has 0 spiro atoms. The fourth-order valence-corrected chi connectivity index (χ4v) is 5.17. The predicted molar refractivity (Wildman–Crippen MR) is 129 cm³/mol. The van der Waals surface area contributed by atoms with E-state index in [9.17, 15) is 23.1 Å². The molecule has 0 aliphatic heterocycles. The molecule has 2 aromatic carbocycles. The zero-order valence-electron chi connectivity index (χ0n) is 20.1. The highest BCUT2D eigenvalue weighted by atomic mass is 19.4. The number of hydrogen-bond acceptors (Lipinski definition) is 2. The monoisotopic (exact) mass is 475 g/mol. The number of nitrogens with zero attached hydrogens (tertiary/aromatic N) is 1. The number of carboxylic acid groups (broad SMARTS) is 1. The lowest BCUT2D eigenvalue weighted by Crippen LogP contribution is -2.45. The van der Waals surface area contributed by atoms with E-state index < -0.39 is 17.7 Å². The SMILES string of the molecule is CC(C)CCN(CCc1ccccc1)[C@@H]1CC[C@@H](CC(=O)O)C[C@H]1c1ccc(C(F)(F)F)cc1. The van der Waals surface area contributed by atoms with Gasteiger partial charge in [-0.1, -0.05) is 56.3 Å². The summed E-state index contributed by atoms with van der Waals surface area (Å²) in [5, 5.41) is 9.34. The minimum atomic E-state index is -4.37. The van der Waals surface area contributed by atoms with Gasteiger partial charge in [0, 0.05) is 19.0 Å². The van der Waals surface area contributed by atoms with E-state index in [4.69, 9.17) is 0 Å². The molecule has 0 aromatic heterocycles. The minimum Gasteiger partial charge on any atom is -0.481 e. The Morgan fingerprint density at radius 3 is 2.29 bits per heavy atom. The molecule has 0 radical (unpaired) electrons. The molecule has 3 nitrogen and oxygen atoms in total. The van der Waals surface area contributed by atoms with Gasteiger partial charge in [-0.2, -0.15) is 13.2 Å². The van der Waals surface area contributed by atoms with Crippen LogP contribution in [0.15, 0.2) is 54.6 Å². The summed E-state index contributed by atoms with van der Waals surface area (Å²) in [6.45, 7) is 6.21. The van der Waals surface area contributed by atoms with Gasteiger partial charge in [0.2, 0.25) is 0 Å². The Balaban J connectivity index is 1.86. The third kappa shape index (κ3) is 7.59. The van der Waals surface area contributed by atoms with Gasteiger partial charge in [-0.05, 0) is 79.7 Å². The van der Waals surface area contributed by atoms with Crippen LogP contribution in [0.5, 0.6) is 0 Å². The van der Waals surface area contributed by atoms with Gasteiger partial charge in [0.25, 0.3) is 0 Å². The topological polar surface area (TPSA) is 40.5 Å². The molecule has 1 aliphatic carbocycles. The normalized spacial score (nSPS) is 21.2. The summed E-state index contributed by atoms with van der Waals surface area (Å²) < 4.78 is 39.4. The molecule has 3 atom stereocenters. The molecule has 34 heavy (non-hydrogen) atoms. The van der Waals surface area contributed by atoms with Crippen LogP contribution in [0.4, 0.5) is 13.2 Å². The van der Waals surface area contributed by atoms with Crippen LogP contribution in [0.2, 0.25) is 0 Å². The van der Waals surface area contributed by atoms with Crippen molar-refractivity contribution in [3.05, 3.63) is 71.3 Å². The van der Waals surface area contributed by atoms with Gasteiger partial charge < -0.3 is 5.11 Å². The Bertz CT molecular complexity index is 896. The average molecular weight is 476 g/mol. The Labute approximate surface area is 201 Å². The molecule has 1 saturated carbocycles. The number of halogens is 3. The molecule has 1 N–H and O–H groups in total. The lowest BCUT2D eigenvalue weighted by Gasteiger charge is -2.43. The second-order valence-electron chi connectivity index (χ2n) is 10.0. The summed E-state index contributed by atoms with van der Waals surface area (Å²) >= 11 is 0. The smallest absolute Gasteiger partial charge is 0.416 e. The maximum atomic E-state index is 13.1. The fraction of sp³-hybridized carbons (Fsp3) is 0.536. The Hall–Kier alpha value is -2.34. The molecular weight excluding hydrogens is 439 g/mol. The van der Waals surface area contributed by atoms with E-state index in [1.54, 1.807) is 12.1 Å². The first-order chi connectivity index (χ1) is 16.1. The first-order valence-corrected chi connectivity index (χ1v) is 12.3. The Morgan fingerprint density at radius 2 is 1.71 bits per heavy atom. The van der Waals surface area contributed by atoms with Crippen molar-refractivity contribution in [3.8, 4) is 0 Å². The van der Waals surface area contributed by atoms with Crippen LogP contribution in [-0.4, -0.2) is 35.1 Å². The zero-order chi connectivity index (χ0) is 24.7. The van der Waals surface area contributed by atoms with Crippen LogP contribution >= 0.6 is 0 Å². The first kappa shape index (κ1) is 26.3. The molecule has 0 amide bonds. The molecule has 0 bridgehead atoms. The number of aliphatic carboxylic acids is 1. The van der Waals surface area contributed by atoms with Gasteiger partial charge in [-0.25, -0.2) is 0 Å². The van der Waals surface area contributed by atoms with Crippen molar-refractivity contribution in [2.24, 2.45) is 11.8 Å². The van der Waals surface area contributed by atoms with Crippen molar-refractivity contribution in [3.63, 3.8) is 0 Å². The van der Waals surface area contributed by atoms with Gasteiger partial charge in [0.05, 0.1) is 5.56 Å². The number of hydrogen-bond donors (Lipinski definition) is 1. The zero-order valence-corrected chi connectivity index (χ0v) is 20.1. The van der Waals surface area contributed by atoms with E-state index in [1.807, 2.05) is 18.2 Å². The number of rotatable bonds is 10. The highest BCUT2D eigenvalue weighted by molar-refractivity contribution is 5.67. The van der Waals surface area contributed by atoms with Crippen LogP contribution in [-0.2, 0) is 17.4 Å². The molecule has 0 unspecified atom stereocenters. The number of alkyl halides is 3. The van der Waals surface area contributed by atoms with Gasteiger partial charge in [0.15, 0.2) is 0 Å². The van der Waals surface area contributed by atoms with Gasteiger partial charge in [0.1, 0.15) is 0 Å². The molecular formula is C28H36F3NO2. The fourth-order valence-electron chi connectivity index (χ4n) is 5.17. The third-order valence-electron chi connectivity index (χ3n) is 7.05. The van der Waals surface area contributed by atoms with Crippen molar-refractivity contribution in [1.29, 1.82) is 0 Å². The Kier molecular flexibility index (Phi) is 9.17. The van der Waals surface area contributed by atoms with Crippen molar-refractivity contribution in [1.82, 2.24) is 4.90 Å². The third-order valence-corrected chi connectivity index (χ3v) is 7.05. The summed E-state index contributed by atoms with van der Waals surface area (Å²) in [4.78, 5) is 13.9. The molecule has 0 heterocycles.